The standard InChI is InChI=1S/C23H27N3O3/c1-3-7-16-10-11-19-20-17(13-26(19)23(16)29)18(14-27)21(25(20)2)22(28)24-12-15-8-5-4-6-9-15/h3-11,17-18,20-21,27H,12-14H2,1-2H3,(H,24,28)/b7-3+/t17-,18-,20+,21-/m0/s1. The van der Waals surface area contributed by atoms with Gasteiger partial charge in [-0.2, -0.15) is 0 Å². The molecule has 4 rings (SSSR count). The lowest BCUT2D eigenvalue weighted by Crippen LogP contribution is -2.46. The number of amides is 1. The minimum atomic E-state index is -0.419. The highest BCUT2D eigenvalue weighted by atomic mass is 16.3. The van der Waals surface area contributed by atoms with E-state index in [2.05, 4.69) is 5.32 Å². The smallest absolute Gasteiger partial charge is 0.258 e. The Balaban J connectivity index is 1.58. The number of allylic oxidation sites excluding steroid dienone is 1. The molecule has 2 aliphatic rings. The van der Waals surface area contributed by atoms with E-state index in [4.69, 9.17) is 0 Å². The molecule has 0 bridgehead atoms. The molecule has 0 spiro atoms. The zero-order valence-electron chi connectivity index (χ0n) is 16.8. The van der Waals surface area contributed by atoms with Crippen LogP contribution in [0.1, 0.15) is 29.8 Å². The molecule has 1 amide bonds. The Morgan fingerprint density at radius 1 is 1.24 bits per heavy atom. The van der Waals surface area contributed by atoms with Crippen LogP contribution in [0.2, 0.25) is 0 Å². The summed E-state index contributed by atoms with van der Waals surface area (Å²) in [5.74, 6) is -0.263. The Morgan fingerprint density at radius 3 is 2.69 bits per heavy atom. The van der Waals surface area contributed by atoms with Gasteiger partial charge in [0.05, 0.1) is 12.1 Å². The maximum atomic E-state index is 13.0. The van der Waals surface area contributed by atoms with Crippen molar-refractivity contribution in [2.75, 3.05) is 13.7 Å². The molecule has 1 fully saturated rings. The number of likely N-dealkylation sites (N-methyl/N-ethyl adjacent to an activating group) is 1. The summed E-state index contributed by atoms with van der Waals surface area (Å²) in [6, 6.07) is 13.1. The van der Waals surface area contributed by atoms with E-state index >= 15 is 0 Å². The number of likely N-dealkylation sites (tertiary alicyclic amines) is 1. The van der Waals surface area contributed by atoms with Crippen molar-refractivity contribution in [1.82, 2.24) is 14.8 Å². The molecule has 3 heterocycles. The number of aliphatic hydroxyl groups excluding tert-OH is 1. The van der Waals surface area contributed by atoms with Crippen molar-refractivity contribution in [3.8, 4) is 0 Å². The van der Waals surface area contributed by atoms with Gasteiger partial charge in [0.15, 0.2) is 0 Å². The maximum absolute atomic E-state index is 13.0. The van der Waals surface area contributed by atoms with Gasteiger partial charge in [-0.15, -0.1) is 0 Å². The number of fused-ring (bicyclic) bond motifs is 3. The van der Waals surface area contributed by atoms with Crippen LogP contribution in [0.5, 0.6) is 0 Å². The van der Waals surface area contributed by atoms with Crippen molar-refractivity contribution in [1.29, 1.82) is 0 Å². The van der Waals surface area contributed by atoms with Crippen LogP contribution in [0, 0.1) is 11.8 Å². The van der Waals surface area contributed by atoms with E-state index in [9.17, 15) is 14.7 Å². The normalized spacial score (nSPS) is 25.9. The fourth-order valence-electron chi connectivity index (χ4n) is 4.99. The lowest BCUT2D eigenvalue weighted by Gasteiger charge is -2.27. The minimum Gasteiger partial charge on any atom is -0.396 e. The van der Waals surface area contributed by atoms with Crippen LogP contribution in [0.3, 0.4) is 0 Å². The monoisotopic (exact) mass is 393 g/mol. The molecule has 4 atom stereocenters. The average Bonchev–Trinajstić information content (AvgIpc) is 3.24. The molecular formula is C23H27N3O3. The van der Waals surface area contributed by atoms with E-state index in [1.165, 1.54) is 0 Å². The van der Waals surface area contributed by atoms with Crippen molar-refractivity contribution in [2.45, 2.75) is 32.1 Å². The van der Waals surface area contributed by atoms with Crippen LogP contribution in [-0.4, -0.2) is 40.2 Å². The van der Waals surface area contributed by atoms with Crippen molar-refractivity contribution < 1.29 is 9.90 Å². The molecule has 29 heavy (non-hydrogen) atoms. The number of hydrogen-bond acceptors (Lipinski definition) is 4. The first-order chi connectivity index (χ1) is 14.1. The van der Waals surface area contributed by atoms with E-state index < -0.39 is 6.04 Å². The van der Waals surface area contributed by atoms with Gasteiger partial charge in [-0.1, -0.05) is 42.5 Å². The van der Waals surface area contributed by atoms with Crippen molar-refractivity contribution in [3.63, 3.8) is 0 Å². The van der Waals surface area contributed by atoms with Crippen LogP contribution in [-0.2, 0) is 17.9 Å². The molecule has 0 saturated carbocycles. The van der Waals surface area contributed by atoms with Gasteiger partial charge in [0.2, 0.25) is 5.91 Å². The second kappa shape index (κ2) is 7.97. The summed E-state index contributed by atoms with van der Waals surface area (Å²) in [6.45, 7) is 2.79. The summed E-state index contributed by atoms with van der Waals surface area (Å²) in [5.41, 5.74) is 2.62. The molecule has 1 aromatic carbocycles. The zero-order chi connectivity index (χ0) is 20.5. The van der Waals surface area contributed by atoms with E-state index in [-0.39, 0.29) is 36.0 Å². The highest BCUT2D eigenvalue weighted by molar-refractivity contribution is 5.82. The molecule has 152 valence electrons. The predicted octanol–water partition coefficient (Wildman–Crippen LogP) is 1.79. The number of benzene rings is 1. The van der Waals surface area contributed by atoms with Crippen LogP contribution >= 0.6 is 0 Å². The molecule has 0 aliphatic carbocycles. The van der Waals surface area contributed by atoms with E-state index in [1.54, 1.807) is 0 Å². The van der Waals surface area contributed by atoms with Gasteiger partial charge >= 0.3 is 0 Å². The number of aliphatic hydroxyl groups is 1. The van der Waals surface area contributed by atoms with E-state index in [0.29, 0.717) is 18.7 Å². The van der Waals surface area contributed by atoms with E-state index in [1.807, 2.05) is 78.1 Å². The summed E-state index contributed by atoms with van der Waals surface area (Å²) in [7, 11) is 1.92. The highest BCUT2D eigenvalue weighted by Crippen LogP contribution is 2.48. The number of pyridine rings is 1. The number of carbonyl (C=O) groups is 1. The molecular weight excluding hydrogens is 366 g/mol. The lowest BCUT2D eigenvalue weighted by molar-refractivity contribution is -0.127. The predicted molar refractivity (Wildman–Crippen MR) is 112 cm³/mol. The summed E-state index contributed by atoms with van der Waals surface area (Å²) in [4.78, 5) is 27.8. The Labute approximate surface area is 170 Å². The molecule has 0 unspecified atom stereocenters. The highest BCUT2D eigenvalue weighted by Gasteiger charge is 2.54. The molecule has 0 radical (unpaired) electrons. The molecule has 2 aromatic rings. The third-order valence-corrected chi connectivity index (χ3v) is 6.31. The molecule has 2 aliphatic heterocycles. The lowest BCUT2D eigenvalue weighted by atomic mass is 9.88. The first kappa shape index (κ1) is 19.6. The van der Waals surface area contributed by atoms with Gasteiger partial charge in [-0.3, -0.25) is 14.5 Å². The van der Waals surface area contributed by atoms with Gasteiger partial charge in [0.25, 0.3) is 5.56 Å². The summed E-state index contributed by atoms with van der Waals surface area (Å²) < 4.78 is 1.81. The SMILES string of the molecule is C/C=C/c1ccc2n(c1=O)C[C@H]1[C@H](CO)[C@@H](C(=O)NCc3ccccc3)N(C)[C@@H]21. The van der Waals surface area contributed by atoms with Crippen LogP contribution in [0.15, 0.2) is 53.3 Å². The maximum Gasteiger partial charge on any atom is 0.258 e. The number of hydrogen-bond donors (Lipinski definition) is 2. The second-order valence-electron chi connectivity index (χ2n) is 7.90. The fraction of sp³-hybridized carbons (Fsp3) is 0.391. The zero-order valence-corrected chi connectivity index (χ0v) is 16.8. The molecule has 1 aromatic heterocycles. The van der Waals surface area contributed by atoms with Crippen molar-refractivity contribution >= 4 is 12.0 Å². The minimum absolute atomic E-state index is 0.00910. The molecule has 6 nitrogen and oxygen atoms in total. The molecule has 6 heteroatoms. The van der Waals surface area contributed by atoms with E-state index in [0.717, 1.165) is 11.3 Å². The summed E-state index contributed by atoms with van der Waals surface area (Å²) >= 11 is 0. The van der Waals surface area contributed by atoms with Gasteiger partial charge in [-0.25, -0.2) is 0 Å². The first-order valence-corrected chi connectivity index (χ1v) is 10.1. The fourth-order valence-corrected chi connectivity index (χ4v) is 4.99. The number of carbonyl (C=O) groups excluding carboxylic acids is 1. The number of nitrogens with one attached hydrogen (secondary N) is 1. The van der Waals surface area contributed by atoms with Crippen molar-refractivity contribution in [3.05, 3.63) is 75.7 Å². The third kappa shape index (κ3) is 3.32. The Kier molecular flexibility index (Phi) is 5.39. The van der Waals surface area contributed by atoms with Gasteiger partial charge in [0, 0.05) is 42.8 Å². The summed E-state index contributed by atoms with van der Waals surface area (Å²) in [5, 5.41) is 13.1. The quantitative estimate of drug-likeness (QED) is 0.812. The third-order valence-electron chi connectivity index (χ3n) is 6.31. The molecule has 1 saturated heterocycles. The molecule has 2 N–H and O–H groups in total. The first-order valence-electron chi connectivity index (χ1n) is 10.1. The number of nitrogens with zero attached hydrogens (tertiary/aromatic N) is 2. The topological polar surface area (TPSA) is 74.6 Å². The largest absolute Gasteiger partial charge is 0.396 e. The summed E-state index contributed by atoms with van der Waals surface area (Å²) in [6.07, 6.45) is 3.67. The van der Waals surface area contributed by atoms with Gasteiger partial charge in [-0.05, 0) is 31.7 Å². The van der Waals surface area contributed by atoms with Crippen molar-refractivity contribution in [2.24, 2.45) is 11.8 Å². The van der Waals surface area contributed by atoms with Crippen LogP contribution in [0.4, 0.5) is 0 Å². The van der Waals surface area contributed by atoms with Crippen LogP contribution < -0.4 is 10.9 Å². The number of rotatable bonds is 5. The average molecular weight is 393 g/mol. The van der Waals surface area contributed by atoms with Gasteiger partial charge < -0.3 is 15.0 Å². The van der Waals surface area contributed by atoms with Crippen LogP contribution in [0.25, 0.3) is 6.08 Å². The van der Waals surface area contributed by atoms with Gasteiger partial charge in [0.1, 0.15) is 0 Å². The Morgan fingerprint density at radius 2 is 2.00 bits per heavy atom. The number of aromatic nitrogens is 1. The Hall–Kier alpha value is -2.70. The second-order valence-corrected chi connectivity index (χ2v) is 7.90. The Bertz CT molecular complexity index is 983.